The molecular weight excluding hydrogens is 360 g/mol. The van der Waals surface area contributed by atoms with Crippen molar-refractivity contribution in [2.24, 2.45) is 0 Å². The first-order valence-electron chi connectivity index (χ1n) is 9.05. The number of amides is 1. The van der Waals surface area contributed by atoms with Crippen LogP contribution < -0.4 is 5.32 Å². The van der Waals surface area contributed by atoms with Crippen molar-refractivity contribution >= 4 is 17.2 Å². The van der Waals surface area contributed by atoms with Gasteiger partial charge in [0.2, 0.25) is 5.89 Å². The SMILES string of the molecule is CCCc1nc(C(C)(C)NC(=O)c2sc(Cc3ccccc3)nc2C)no1. The number of nitrogens with zero attached hydrogens (tertiary/aromatic N) is 3. The molecule has 0 fully saturated rings. The summed E-state index contributed by atoms with van der Waals surface area (Å²) in [5.74, 6) is 0.899. The number of hydrogen-bond donors (Lipinski definition) is 1. The first-order valence-corrected chi connectivity index (χ1v) is 9.86. The number of carbonyl (C=O) groups excluding carboxylic acids is 1. The van der Waals surface area contributed by atoms with Crippen LogP contribution in [0.2, 0.25) is 0 Å². The van der Waals surface area contributed by atoms with Gasteiger partial charge in [0.25, 0.3) is 5.91 Å². The fourth-order valence-corrected chi connectivity index (χ4v) is 3.72. The molecular formula is C20H24N4O2S. The van der Waals surface area contributed by atoms with Crippen LogP contribution in [0, 0.1) is 6.92 Å². The molecule has 142 valence electrons. The van der Waals surface area contributed by atoms with Crippen LogP contribution in [0.4, 0.5) is 0 Å². The third-order valence-corrected chi connectivity index (χ3v) is 5.32. The summed E-state index contributed by atoms with van der Waals surface area (Å²) < 4.78 is 5.25. The lowest BCUT2D eigenvalue weighted by Crippen LogP contribution is -2.41. The maximum absolute atomic E-state index is 12.8. The van der Waals surface area contributed by atoms with Gasteiger partial charge in [-0.2, -0.15) is 4.98 Å². The fraction of sp³-hybridized carbons (Fsp3) is 0.400. The molecule has 0 unspecified atom stereocenters. The second-order valence-electron chi connectivity index (χ2n) is 7.03. The molecule has 7 heteroatoms. The van der Waals surface area contributed by atoms with Gasteiger partial charge in [0.1, 0.15) is 4.88 Å². The Kier molecular flexibility index (Phi) is 5.70. The third kappa shape index (κ3) is 4.60. The minimum Gasteiger partial charge on any atom is -0.339 e. The quantitative estimate of drug-likeness (QED) is 0.665. The Balaban J connectivity index is 1.73. The van der Waals surface area contributed by atoms with E-state index in [0.717, 1.165) is 23.5 Å². The van der Waals surface area contributed by atoms with Gasteiger partial charge >= 0.3 is 0 Å². The molecule has 2 aromatic heterocycles. The molecule has 0 aliphatic carbocycles. The van der Waals surface area contributed by atoms with Crippen molar-refractivity contribution in [1.29, 1.82) is 0 Å². The molecule has 0 aliphatic rings. The molecule has 0 saturated heterocycles. The standard InChI is InChI=1S/C20H24N4O2S/c1-5-9-15-22-19(24-26-15)20(3,4)23-18(25)17-13(2)21-16(27-17)12-14-10-7-6-8-11-14/h6-8,10-11H,5,9,12H2,1-4H3,(H,23,25). The zero-order valence-electron chi connectivity index (χ0n) is 16.1. The number of thiazole rings is 1. The van der Waals surface area contributed by atoms with E-state index in [4.69, 9.17) is 4.52 Å². The van der Waals surface area contributed by atoms with Crippen molar-refractivity contribution in [2.45, 2.75) is 52.5 Å². The van der Waals surface area contributed by atoms with Gasteiger partial charge in [-0.3, -0.25) is 4.79 Å². The molecule has 0 radical (unpaired) electrons. The lowest BCUT2D eigenvalue weighted by Gasteiger charge is -2.21. The van der Waals surface area contributed by atoms with Crippen LogP contribution in [-0.4, -0.2) is 21.0 Å². The number of aryl methyl sites for hydroxylation is 2. The zero-order valence-corrected chi connectivity index (χ0v) is 16.9. The van der Waals surface area contributed by atoms with Crippen molar-refractivity contribution in [3.05, 3.63) is 63.2 Å². The van der Waals surface area contributed by atoms with Crippen molar-refractivity contribution < 1.29 is 9.32 Å². The van der Waals surface area contributed by atoms with Crippen molar-refractivity contribution in [3.8, 4) is 0 Å². The van der Waals surface area contributed by atoms with Crippen LogP contribution in [0.3, 0.4) is 0 Å². The predicted octanol–water partition coefficient (Wildman–Crippen LogP) is 4.04. The highest BCUT2D eigenvalue weighted by molar-refractivity contribution is 7.13. The summed E-state index contributed by atoms with van der Waals surface area (Å²) in [4.78, 5) is 22.4. The van der Waals surface area contributed by atoms with Crippen LogP contribution in [-0.2, 0) is 18.4 Å². The fourth-order valence-electron chi connectivity index (χ4n) is 2.73. The topological polar surface area (TPSA) is 80.9 Å². The minimum absolute atomic E-state index is 0.170. The van der Waals surface area contributed by atoms with Gasteiger partial charge in [-0.05, 0) is 32.8 Å². The van der Waals surface area contributed by atoms with Crippen molar-refractivity contribution in [2.75, 3.05) is 0 Å². The van der Waals surface area contributed by atoms with E-state index in [1.807, 2.05) is 39.0 Å². The second kappa shape index (κ2) is 8.00. The summed E-state index contributed by atoms with van der Waals surface area (Å²) in [6.07, 6.45) is 2.38. The number of benzene rings is 1. The Labute approximate surface area is 163 Å². The summed E-state index contributed by atoms with van der Waals surface area (Å²) in [6, 6.07) is 10.1. The van der Waals surface area contributed by atoms with E-state index in [1.54, 1.807) is 0 Å². The Morgan fingerprint density at radius 2 is 1.96 bits per heavy atom. The number of nitrogens with one attached hydrogen (secondary N) is 1. The predicted molar refractivity (Wildman–Crippen MR) is 105 cm³/mol. The zero-order chi connectivity index (χ0) is 19.4. The molecule has 1 N–H and O–H groups in total. The van der Waals surface area contributed by atoms with Gasteiger partial charge in [0, 0.05) is 12.8 Å². The van der Waals surface area contributed by atoms with Crippen LogP contribution in [0.1, 0.15) is 64.8 Å². The Hall–Kier alpha value is -2.54. The molecule has 3 aromatic rings. The van der Waals surface area contributed by atoms with E-state index < -0.39 is 5.54 Å². The average molecular weight is 385 g/mol. The summed E-state index contributed by atoms with van der Waals surface area (Å²) in [5, 5.41) is 7.96. The molecule has 0 bridgehead atoms. The van der Waals surface area contributed by atoms with E-state index in [1.165, 1.54) is 16.9 Å². The lowest BCUT2D eigenvalue weighted by molar-refractivity contribution is 0.0911. The Morgan fingerprint density at radius 1 is 1.22 bits per heavy atom. The summed E-state index contributed by atoms with van der Waals surface area (Å²) >= 11 is 1.42. The molecule has 1 amide bonds. The summed E-state index contributed by atoms with van der Waals surface area (Å²) in [5.41, 5.74) is 1.18. The Bertz CT molecular complexity index is 915. The highest BCUT2D eigenvalue weighted by Crippen LogP contribution is 2.23. The van der Waals surface area contributed by atoms with Crippen LogP contribution in [0.5, 0.6) is 0 Å². The van der Waals surface area contributed by atoms with Crippen LogP contribution in [0.15, 0.2) is 34.9 Å². The average Bonchev–Trinajstić information content (AvgIpc) is 3.23. The largest absolute Gasteiger partial charge is 0.339 e. The number of aromatic nitrogens is 3. The smallest absolute Gasteiger partial charge is 0.264 e. The van der Waals surface area contributed by atoms with E-state index in [0.29, 0.717) is 23.0 Å². The molecule has 0 saturated carbocycles. The van der Waals surface area contributed by atoms with E-state index >= 15 is 0 Å². The highest BCUT2D eigenvalue weighted by atomic mass is 32.1. The van der Waals surface area contributed by atoms with E-state index in [-0.39, 0.29) is 5.91 Å². The van der Waals surface area contributed by atoms with Gasteiger partial charge in [-0.1, -0.05) is 42.4 Å². The molecule has 1 aromatic carbocycles. The van der Waals surface area contributed by atoms with Gasteiger partial charge < -0.3 is 9.84 Å². The first-order chi connectivity index (χ1) is 12.9. The second-order valence-corrected chi connectivity index (χ2v) is 8.11. The number of hydrogen-bond acceptors (Lipinski definition) is 6. The molecule has 0 aliphatic heterocycles. The van der Waals surface area contributed by atoms with Gasteiger partial charge in [0.05, 0.1) is 16.2 Å². The molecule has 0 atom stereocenters. The van der Waals surface area contributed by atoms with E-state index in [2.05, 4.69) is 39.5 Å². The molecule has 0 spiro atoms. The van der Waals surface area contributed by atoms with Crippen LogP contribution in [0.25, 0.3) is 0 Å². The van der Waals surface area contributed by atoms with Crippen LogP contribution >= 0.6 is 11.3 Å². The van der Waals surface area contributed by atoms with Gasteiger partial charge in [-0.25, -0.2) is 4.98 Å². The molecule has 3 rings (SSSR count). The van der Waals surface area contributed by atoms with Gasteiger partial charge in [-0.15, -0.1) is 11.3 Å². The maximum Gasteiger partial charge on any atom is 0.264 e. The Morgan fingerprint density at radius 3 is 2.67 bits per heavy atom. The number of rotatable bonds is 7. The molecule has 6 nitrogen and oxygen atoms in total. The van der Waals surface area contributed by atoms with Gasteiger partial charge in [0.15, 0.2) is 5.82 Å². The lowest BCUT2D eigenvalue weighted by atomic mass is 10.0. The molecule has 2 heterocycles. The maximum atomic E-state index is 12.8. The summed E-state index contributed by atoms with van der Waals surface area (Å²) in [7, 11) is 0. The first kappa shape index (κ1) is 19.2. The van der Waals surface area contributed by atoms with E-state index in [9.17, 15) is 4.79 Å². The summed E-state index contributed by atoms with van der Waals surface area (Å²) in [6.45, 7) is 7.65. The molecule has 27 heavy (non-hydrogen) atoms. The van der Waals surface area contributed by atoms with Crippen molar-refractivity contribution in [1.82, 2.24) is 20.4 Å². The van der Waals surface area contributed by atoms with Crippen molar-refractivity contribution in [3.63, 3.8) is 0 Å². The monoisotopic (exact) mass is 384 g/mol. The number of carbonyl (C=O) groups is 1. The normalized spacial score (nSPS) is 11.6. The minimum atomic E-state index is -0.734. The third-order valence-electron chi connectivity index (χ3n) is 4.16. The highest BCUT2D eigenvalue weighted by Gasteiger charge is 2.30.